The molecule has 7 nitrogen and oxygen atoms in total. The molecule has 1 aliphatic rings. The number of rotatable bonds is 4. The van der Waals surface area contributed by atoms with E-state index < -0.39 is 14.6 Å². The van der Waals surface area contributed by atoms with Gasteiger partial charge in [-0.05, 0) is 47.5 Å². The van der Waals surface area contributed by atoms with E-state index in [1.54, 1.807) is 35.1 Å². The quantitative estimate of drug-likeness (QED) is 0.338. The molecule has 0 aliphatic carbocycles. The second-order valence-corrected chi connectivity index (χ2v) is 10.3. The number of halogens is 2. The molecule has 1 saturated heterocycles. The van der Waals surface area contributed by atoms with Crippen LogP contribution in [0, 0.1) is 0 Å². The maximum atomic E-state index is 12.2. The van der Waals surface area contributed by atoms with Crippen LogP contribution in [0.4, 0.5) is 0 Å². The van der Waals surface area contributed by atoms with Gasteiger partial charge in [0.1, 0.15) is 0 Å². The summed E-state index contributed by atoms with van der Waals surface area (Å²) < 4.78 is 35.1. The first kappa shape index (κ1) is 24.3. The lowest BCUT2D eigenvalue weighted by atomic mass is 10.2. The van der Waals surface area contributed by atoms with E-state index in [0.717, 1.165) is 10.0 Å². The van der Waals surface area contributed by atoms with Crippen LogP contribution in [0.25, 0.3) is 0 Å². The third-order valence-electron chi connectivity index (χ3n) is 4.50. The Morgan fingerprint density at radius 3 is 2.52 bits per heavy atom. The van der Waals surface area contributed by atoms with E-state index >= 15 is 0 Å². The van der Waals surface area contributed by atoms with Crippen LogP contribution in [-0.4, -0.2) is 64.1 Å². The summed E-state index contributed by atoms with van der Waals surface area (Å²) in [5, 5.41) is 3.30. The smallest absolute Gasteiger partial charge is 0.193 e. The Morgan fingerprint density at radius 2 is 2.00 bits per heavy atom. The first-order valence-electron chi connectivity index (χ1n) is 8.23. The number of sulfone groups is 1. The van der Waals surface area contributed by atoms with Gasteiger partial charge in [-0.15, -0.1) is 24.0 Å². The van der Waals surface area contributed by atoms with E-state index in [9.17, 15) is 8.42 Å². The minimum Gasteiger partial charge on any atom is -0.493 e. The van der Waals surface area contributed by atoms with Crippen LogP contribution in [0.3, 0.4) is 0 Å². The molecule has 0 unspecified atom stereocenters. The van der Waals surface area contributed by atoms with Crippen molar-refractivity contribution in [1.29, 1.82) is 0 Å². The summed E-state index contributed by atoms with van der Waals surface area (Å²) in [7, 11) is 1.80. The highest BCUT2D eigenvalue weighted by Crippen LogP contribution is 2.36. The second-order valence-electron chi connectivity index (χ2n) is 6.71. The molecule has 1 fully saturated rings. The number of hydrogen-bond donors (Lipinski definition) is 1. The zero-order valence-electron chi connectivity index (χ0n) is 16.2. The molecule has 154 valence electrons. The fourth-order valence-electron chi connectivity index (χ4n) is 2.91. The topological polar surface area (TPSA) is 80.2 Å². The lowest BCUT2D eigenvalue weighted by Gasteiger charge is -2.39. The lowest BCUT2D eigenvalue weighted by molar-refractivity contribution is 0.351. The van der Waals surface area contributed by atoms with E-state index in [0.29, 0.717) is 37.1 Å². The molecule has 27 heavy (non-hydrogen) atoms. The molecular formula is C17H27BrIN3O4S. The largest absolute Gasteiger partial charge is 0.493 e. The Kier molecular flexibility index (Phi) is 8.67. The van der Waals surface area contributed by atoms with Crippen LogP contribution in [0.15, 0.2) is 21.6 Å². The summed E-state index contributed by atoms with van der Waals surface area (Å²) in [6, 6.07) is 3.85. The molecule has 1 heterocycles. The Labute approximate surface area is 187 Å². The molecule has 1 aromatic carbocycles. The summed E-state index contributed by atoms with van der Waals surface area (Å²) in [6.07, 6.45) is 0. The van der Waals surface area contributed by atoms with Crippen LogP contribution >= 0.6 is 39.9 Å². The van der Waals surface area contributed by atoms with Crippen molar-refractivity contribution in [1.82, 2.24) is 10.2 Å². The molecule has 0 aromatic heterocycles. The summed E-state index contributed by atoms with van der Waals surface area (Å²) in [4.78, 5) is 6.29. The average Bonchev–Trinajstić information content (AvgIpc) is 2.57. The molecule has 0 saturated carbocycles. The molecule has 1 N–H and O–H groups in total. The zero-order chi connectivity index (χ0) is 19.5. The van der Waals surface area contributed by atoms with Gasteiger partial charge < -0.3 is 19.7 Å². The van der Waals surface area contributed by atoms with Crippen molar-refractivity contribution in [2.75, 3.05) is 40.1 Å². The third-order valence-corrected chi connectivity index (χ3v) is 7.62. The number of nitrogens with zero attached hydrogens (tertiary/aromatic N) is 2. The van der Waals surface area contributed by atoms with Crippen LogP contribution in [-0.2, 0) is 16.4 Å². The number of ether oxygens (including phenoxy) is 2. The monoisotopic (exact) mass is 575 g/mol. The Balaban J connectivity index is 0.00000364. The first-order chi connectivity index (χ1) is 12.1. The first-order valence-corrected chi connectivity index (χ1v) is 10.7. The summed E-state index contributed by atoms with van der Waals surface area (Å²) in [5.74, 6) is 2.09. The van der Waals surface area contributed by atoms with Gasteiger partial charge in [0.05, 0.1) is 29.2 Å². The molecule has 0 amide bonds. The number of benzene rings is 1. The molecule has 0 atom stereocenters. The molecule has 1 aliphatic heterocycles. The maximum Gasteiger partial charge on any atom is 0.193 e. The second kappa shape index (κ2) is 9.64. The predicted molar refractivity (Wildman–Crippen MR) is 122 cm³/mol. The van der Waals surface area contributed by atoms with Crippen molar-refractivity contribution in [2.45, 2.75) is 25.1 Å². The Bertz CT molecular complexity index is 800. The van der Waals surface area contributed by atoms with E-state index in [4.69, 9.17) is 9.47 Å². The fourth-order valence-corrected chi connectivity index (χ4v) is 4.93. The zero-order valence-corrected chi connectivity index (χ0v) is 20.9. The van der Waals surface area contributed by atoms with Gasteiger partial charge in [-0.1, -0.05) is 0 Å². The summed E-state index contributed by atoms with van der Waals surface area (Å²) >= 11 is 3.49. The van der Waals surface area contributed by atoms with Crippen LogP contribution < -0.4 is 14.8 Å². The van der Waals surface area contributed by atoms with Crippen molar-refractivity contribution in [3.8, 4) is 11.5 Å². The molecule has 2 rings (SSSR count). The average molecular weight is 576 g/mol. The molecule has 0 bridgehead atoms. The minimum atomic E-state index is -3.09. The van der Waals surface area contributed by atoms with Gasteiger partial charge in [0, 0.05) is 26.7 Å². The van der Waals surface area contributed by atoms with Gasteiger partial charge >= 0.3 is 0 Å². The third kappa shape index (κ3) is 5.41. The van der Waals surface area contributed by atoms with Gasteiger partial charge in [0.15, 0.2) is 27.3 Å². The number of aliphatic imine (C=N–C) groups is 1. The highest BCUT2D eigenvalue weighted by Gasteiger charge is 2.40. The number of nitrogens with one attached hydrogen (secondary N) is 1. The van der Waals surface area contributed by atoms with Gasteiger partial charge in [0.2, 0.25) is 0 Å². The van der Waals surface area contributed by atoms with Gasteiger partial charge in [-0.2, -0.15) is 0 Å². The molecule has 10 heteroatoms. The number of methoxy groups -OCH3 is 2. The lowest BCUT2D eigenvalue weighted by Crippen LogP contribution is -2.57. The Hall–Kier alpha value is -0.750. The molecule has 1 aromatic rings. The van der Waals surface area contributed by atoms with Crippen LogP contribution in [0.2, 0.25) is 0 Å². The number of guanidine groups is 1. The van der Waals surface area contributed by atoms with E-state index in [1.807, 2.05) is 17.0 Å². The van der Waals surface area contributed by atoms with Gasteiger partial charge in [0.25, 0.3) is 0 Å². The predicted octanol–water partition coefficient (Wildman–Crippen LogP) is 2.67. The normalized spacial score (nSPS) is 18.4. The standard InChI is InChI=1S/C17H26BrN3O4S.HI/c1-17(2)11-21(6-7-26(17,22)23)16(19-3)20-10-12-8-13(18)15(25-5)14(9-12)24-4;/h8-9H,6-7,10-11H2,1-5H3,(H,19,20);1H. The SMILES string of the molecule is CN=C(NCc1cc(Br)c(OC)c(OC)c1)N1CCS(=O)(=O)C(C)(C)C1.I. The Morgan fingerprint density at radius 1 is 1.33 bits per heavy atom. The van der Waals surface area contributed by atoms with E-state index in [-0.39, 0.29) is 29.7 Å². The van der Waals surface area contributed by atoms with Crippen molar-refractivity contribution in [3.05, 3.63) is 22.2 Å². The van der Waals surface area contributed by atoms with Crippen molar-refractivity contribution in [3.63, 3.8) is 0 Å². The molecular weight excluding hydrogens is 549 g/mol. The molecule has 0 spiro atoms. The van der Waals surface area contributed by atoms with E-state index in [2.05, 4.69) is 26.2 Å². The van der Waals surface area contributed by atoms with Gasteiger partial charge in [-0.25, -0.2) is 8.42 Å². The fraction of sp³-hybridized carbons (Fsp3) is 0.588. The highest BCUT2D eigenvalue weighted by atomic mass is 127. The summed E-state index contributed by atoms with van der Waals surface area (Å²) in [5.41, 5.74) is 0.986. The van der Waals surface area contributed by atoms with Crippen LogP contribution in [0.1, 0.15) is 19.4 Å². The van der Waals surface area contributed by atoms with E-state index in [1.165, 1.54) is 0 Å². The minimum absolute atomic E-state index is 0. The van der Waals surface area contributed by atoms with Crippen molar-refractivity contribution >= 4 is 55.7 Å². The van der Waals surface area contributed by atoms with Crippen molar-refractivity contribution < 1.29 is 17.9 Å². The maximum absolute atomic E-state index is 12.2. The molecule has 0 radical (unpaired) electrons. The van der Waals surface area contributed by atoms with Gasteiger partial charge in [-0.3, -0.25) is 4.99 Å². The highest BCUT2D eigenvalue weighted by molar-refractivity contribution is 14.0. The van der Waals surface area contributed by atoms with Crippen LogP contribution in [0.5, 0.6) is 11.5 Å². The number of hydrogen-bond acceptors (Lipinski definition) is 5. The van der Waals surface area contributed by atoms with Crippen molar-refractivity contribution in [2.24, 2.45) is 4.99 Å². The summed E-state index contributed by atoms with van der Waals surface area (Å²) in [6.45, 7) is 4.88.